The molecule has 1 aliphatic heterocycles. The summed E-state index contributed by atoms with van der Waals surface area (Å²) in [6.45, 7) is 4.96. The molecule has 4 rings (SSSR count). The van der Waals surface area contributed by atoms with E-state index in [1.165, 1.54) is 16.9 Å². The molecule has 166 valence electrons. The van der Waals surface area contributed by atoms with Gasteiger partial charge in [0.15, 0.2) is 17.6 Å². The number of para-hydroxylation sites is 2. The van der Waals surface area contributed by atoms with Gasteiger partial charge in [-0.25, -0.2) is 0 Å². The number of amides is 2. The van der Waals surface area contributed by atoms with E-state index in [9.17, 15) is 9.59 Å². The Kier molecular flexibility index (Phi) is 6.46. The first-order valence-electron chi connectivity index (χ1n) is 10.5. The minimum Gasteiger partial charge on any atom is -0.486 e. The summed E-state index contributed by atoms with van der Waals surface area (Å²) in [7, 11) is 1.72. The number of likely N-dealkylation sites (N-methyl/N-ethyl adjacent to an activating group) is 1. The molecule has 1 atom stereocenters. The van der Waals surface area contributed by atoms with E-state index in [-0.39, 0.29) is 17.9 Å². The van der Waals surface area contributed by atoms with Gasteiger partial charge in [0.2, 0.25) is 0 Å². The zero-order valence-corrected chi connectivity index (χ0v) is 19.1. The molecule has 0 bridgehead atoms. The summed E-state index contributed by atoms with van der Waals surface area (Å²) >= 11 is 1.33. The Bertz CT molecular complexity index is 1110. The molecule has 1 aliphatic rings. The van der Waals surface area contributed by atoms with Crippen LogP contribution in [0.5, 0.6) is 11.5 Å². The van der Waals surface area contributed by atoms with Crippen LogP contribution < -0.4 is 14.8 Å². The zero-order chi connectivity index (χ0) is 22.7. The maximum atomic E-state index is 13.1. The molecule has 7 heteroatoms. The number of hydrogen-bond acceptors (Lipinski definition) is 5. The Hall–Kier alpha value is -3.32. The maximum Gasteiger partial charge on any atom is 0.256 e. The van der Waals surface area contributed by atoms with Crippen LogP contribution in [-0.4, -0.2) is 43.0 Å². The van der Waals surface area contributed by atoms with Gasteiger partial charge in [0.05, 0.1) is 12.1 Å². The first kappa shape index (κ1) is 21.9. The highest BCUT2D eigenvalue weighted by molar-refractivity contribution is 7.14. The largest absolute Gasteiger partial charge is 0.486 e. The van der Waals surface area contributed by atoms with Gasteiger partial charge in [0, 0.05) is 12.6 Å². The molecular weight excluding hydrogens is 424 g/mol. The van der Waals surface area contributed by atoms with Gasteiger partial charge in [0.1, 0.15) is 11.6 Å². The summed E-state index contributed by atoms with van der Waals surface area (Å²) in [5, 5.41) is 5.22. The smallest absolute Gasteiger partial charge is 0.256 e. The quantitative estimate of drug-likeness (QED) is 0.572. The van der Waals surface area contributed by atoms with Crippen molar-refractivity contribution in [2.45, 2.75) is 25.9 Å². The number of rotatable bonds is 6. The van der Waals surface area contributed by atoms with Crippen LogP contribution in [0.25, 0.3) is 0 Å². The van der Waals surface area contributed by atoms with Gasteiger partial charge in [-0.1, -0.05) is 38.1 Å². The molecule has 1 aromatic heterocycles. The molecule has 0 radical (unpaired) electrons. The summed E-state index contributed by atoms with van der Waals surface area (Å²) in [6, 6.07) is 16.7. The third-order valence-corrected chi connectivity index (χ3v) is 6.18. The van der Waals surface area contributed by atoms with Crippen LogP contribution in [0.1, 0.15) is 46.0 Å². The predicted molar refractivity (Wildman–Crippen MR) is 126 cm³/mol. The second kappa shape index (κ2) is 9.44. The molecule has 0 aliphatic carbocycles. The van der Waals surface area contributed by atoms with E-state index >= 15 is 0 Å². The van der Waals surface area contributed by atoms with Crippen LogP contribution in [0.3, 0.4) is 0 Å². The summed E-state index contributed by atoms with van der Waals surface area (Å²) in [5.74, 6) is 1.37. The van der Waals surface area contributed by atoms with E-state index in [1.54, 1.807) is 23.4 Å². The molecule has 1 N–H and O–H groups in total. The summed E-state index contributed by atoms with van der Waals surface area (Å²) < 4.78 is 11.7. The van der Waals surface area contributed by atoms with Gasteiger partial charge in [-0.3, -0.25) is 9.59 Å². The van der Waals surface area contributed by atoms with Crippen molar-refractivity contribution in [1.29, 1.82) is 0 Å². The van der Waals surface area contributed by atoms with Gasteiger partial charge in [0.25, 0.3) is 11.8 Å². The number of ether oxygens (including phenoxy) is 2. The van der Waals surface area contributed by atoms with E-state index in [2.05, 4.69) is 19.2 Å². The minimum absolute atomic E-state index is 0.181. The van der Waals surface area contributed by atoms with Crippen molar-refractivity contribution in [2.24, 2.45) is 0 Å². The summed E-state index contributed by atoms with van der Waals surface area (Å²) in [4.78, 5) is 27.4. The zero-order valence-electron chi connectivity index (χ0n) is 18.3. The topological polar surface area (TPSA) is 67.9 Å². The molecule has 0 saturated carbocycles. The van der Waals surface area contributed by atoms with Crippen LogP contribution in [0.15, 0.2) is 60.0 Å². The molecule has 2 heterocycles. The predicted octanol–water partition coefficient (Wildman–Crippen LogP) is 5.04. The number of hydrogen-bond donors (Lipinski definition) is 1. The Labute approximate surface area is 191 Å². The van der Waals surface area contributed by atoms with Crippen molar-refractivity contribution in [1.82, 2.24) is 4.90 Å². The average molecular weight is 451 g/mol. The van der Waals surface area contributed by atoms with Crippen molar-refractivity contribution in [3.8, 4) is 11.5 Å². The van der Waals surface area contributed by atoms with E-state index in [1.807, 2.05) is 48.5 Å². The lowest BCUT2D eigenvalue weighted by Crippen LogP contribution is -2.41. The van der Waals surface area contributed by atoms with E-state index in [0.717, 1.165) is 0 Å². The first-order chi connectivity index (χ1) is 15.4. The second-order valence-corrected chi connectivity index (χ2v) is 8.99. The number of nitrogens with zero attached hydrogens (tertiary/aromatic N) is 1. The normalized spacial score (nSPS) is 14.8. The number of thiophene rings is 1. The Morgan fingerprint density at radius 3 is 2.53 bits per heavy atom. The van der Waals surface area contributed by atoms with E-state index < -0.39 is 0 Å². The fourth-order valence-electron chi connectivity index (χ4n) is 3.52. The van der Waals surface area contributed by atoms with Gasteiger partial charge in [-0.15, -0.1) is 11.3 Å². The molecule has 0 fully saturated rings. The van der Waals surface area contributed by atoms with Crippen molar-refractivity contribution in [3.05, 3.63) is 76.7 Å². The fraction of sp³-hybridized carbons (Fsp3) is 0.280. The lowest BCUT2D eigenvalue weighted by atomic mass is 10.0. The number of anilines is 1. The highest BCUT2D eigenvalue weighted by Crippen LogP contribution is 2.31. The van der Waals surface area contributed by atoms with Crippen LogP contribution in [0.4, 0.5) is 5.00 Å². The van der Waals surface area contributed by atoms with Crippen molar-refractivity contribution in [3.63, 3.8) is 0 Å². The van der Waals surface area contributed by atoms with Gasteiger partial charge < -0.3 is 19.7 Å². The van der Waals surface area contributed by atoms with Crippen molar-refractivity contribution in [2.75, 3.05) is 25.5 Å². The number of carbonyl (C=O) groups is 2. The number of nitrogens with one attached hydrogen (secondary N) is 1. The van der Waals surface area contributed by atoms with Gasteiger partial charge in [-0.05, 0) is 47.2 Å². The van der Waals surface area contributed by atoms with Crippen molar-refractivity contribution >= 4 is 28.2 Å². The molecule has 0 spiro atoms. The molecular formula is C25H26N2O4S. The fourth-order valence-corrected chi connectivity index (χ4v) is 4.29. The first-order valence-corrected chi connectivity index (χ1v) is 11.4. The second-order valence-electron chi connectivity index (χ2n) is 8.08. The molecule has 2 aromatic carbocycles. The van der Waals surface area contributed by atoms with Gasteiger partial charge >= 0.3 is 0 Å². The third kappa shape index (κ3) is 4.78. The summed E-state index contributed by atoms with van der Waals surface area (Å²) in [5.41, 5.74) is 2.19. The molecule has 3 aromatic rings. The van der Waals surface area contributed by atoms with Gasteiger partial charge in [-0.2, -0.15) is 0 Å². The molecule has 0 saturated heterocycles. The highest BCUT2D eigenvalue weighted by atomic mass is 32.1. The Morgan fingerprint density at radius 2 is 1.81 bits per heavy atom. The maximum absolute atomic E-state index is 13.1. The molecule has 0 unspecified atom stereocenters. The third-order valence-electron chi connectivity index (χ3n) is 5.35. The van der Waals surface area contributed by atoms with E-state index in [4.69, 9.17) is 9.47 Å². The van der Waals surface area contributed by atoms with Crippen LogP contribution in [-0.2, 0) is 0 Å². The highest BCUT2D eigenvalue weighted by Gasteiger charge is 2.26. The lowest BCUT2D eigenvalue weighted by Gasteiger charge is -2.29. The number of benzene rings is 2. The standard InChI is InChI=1S/C25H26N2O4S/c1-16(2)17-8-10-18(11-9-17)23(28)26-24-20(12-13-32-24)25(29)27(3)14-19-15-30-21-6-4-5-7-22(21)31-19/h4-13,16,19H,14-15H2,1-3H3,(H,26,28)/t19-/m0/s1. The van der Waals surface area contributed by atoms with E-state index in [0.29, 0.717) is 46.7 Å². The Morgan fingerprint density at radius 1 is 1.09 bits per heavy atom. The van der Waals surface area contributed by atoms with Crippen molar-refractivity contribution < 1.29 is 19.1 Å². The molecule has 2 amide bonds. The molecule has 6 nitrogen and oxygen atoms in total. The monoisotopic (exact) mass is 450 g/mol. The summed E-state index contributed by atoms with van der Waals surface area (Å²) in [6.07, 6.45) is -0.269. The molecule has 32 heavy (non-hydrogen) atoms. The van der Waals surface area contributed by atoms with Crippen LogP contribution in [0, 0.1) is 0 Å². The number of fused-ring (bicyclic) bond motifs is 1. The minimum atomic E-state index is -0.269. The van der Waals surface area contributed by atoms with Crippen LogP contribution in [0.2, 0.25) is 0 Å². The number of carbonyl (C=O) groups excluding carboxylic acids is 2. The Balaban J connectivity index is 1.40. The lowest BCUT2D eigenvalue weighted by molar-refractivity contribution is 0.0522. The van der Waals surface area contributed by atoms with Crippen LogP contribution >= 0.6 is 11.3 Å². The SMILES string of the molecule is CC(C)c1ccc(C(=O)Nc2sccc2C(=O)N(C)C[C@H]2COc3ccccc3O2)cc1. The average Bonchev–Trinajstić information content (AvgIpc) is 3.26.